The largest absolute Gasteiger partial charge is 0.341 e. The summed E-state index contributed by atoms with van der Waals surface area (Å²) in [6.45, 7) is 5.78. The van der Waals surface area contributed by atoms with E-state index in [9.17, 15) is 4.79 Å². The van der Waals surface area contributed by atoms with Gasteiger partial charge in [0.05, 0.1) is 16.8 Å². The van der Waals surface area contributed by atoms with E-state index in [0.29, 0.717) is 11.3 Å². The van der Waals surface area contributed by atoms with E-state index in [2.05, 4.69) is 15.7 Å². The number of anilines is 1. The Labute approximate surface area is 122 Å². The zero-order chi connectivity index (χ0) is 14.8. The van der Waals surface area contributed by atoms with Gasteiger partial charge >= 0.3 is 0 Å². The fourth-order valence-corrected chi connectivity index (χ4v) is 2.63. The van der Waals surface area contributed by atoms with E-state index in [4.69, 9.17) is 5.84 Å². The highest BCUT2D eigenvalue weighted by atomic mass is 32.1. The lowest BCUT2D eigenvalue weighted by atomic mass is 10.0. The molecule has 6 heteroatoms. The van der Waals surface area contributed by atoms with E-state index >= 15 is 0 Å². The quantitative estimate of drug-likeness (QED) is 0.596. The van der Waals surface area contributed by atoms with Crippen molar-refractivity contribution in [2.24, 2.45) is 5.84 Å². The van der Waals surface area contributed by atoms with Gasteiger partial charge in [-0.25, -0.2) is 4.98 Å². The highest BCUT2D eigenvalue weighted by Crippen LogP contribution is 2.24. The zero-order valence-electron chi connectivity index (χ0n) is 11.7. The fraction of sp³-hybridized carbons (Fsp3) is 0.286. The van der Waals surface area contributed by atoms with Crippen LogP contribution in [-0.4, -0.2) is 10.9 Å². The molecule has 0 spiro atoms. The van der Waals surface area contributed by atoms with Crippen molar-refractivity contribution < 1.29 is 4.79 Å². The van der Waals surface area contributed by atoms with Gasteiger partial charge in [-0.05, 0) is 32.9 Å². The molecule has 5 nitrogen and oxygen atoms in total. The van der Waals surface area contributed by atoms with Crippen LogP contribution in [0.3, 0.4) is 0 Å². The maximum atomic E-state index is 12.5. The fourth-order valence-electron chi connectivity index (χ4n) is 1.91. The maximum absolute atomic E-state index is 12.5. The number of hydrazine groups is 1. The average molecular weight is 290 g/mol. The predicted octanol–water partition coefficient (Wildman–Crippen LogP) is 2.40. The Kier molecular flexibility index (Phi) is 4.06. The third-order valence-electron chi connectivity index (χ3n) is 2.97. The van der Waals surface area contributed by atoms with E-state index in [1.165, 1.54) is 11.3 Å². The molecule has 20 heavy (non-hydrogen) atoms. The third-order valence-corrected chi connectivity index (χ3v) is 4.06. The van der Waals surface area contributed by atoms with Crippen LogP contribution in [-0.2, 0) is 5.54 Å². The first-order valence-electron chi connectivity index (χ1n) is 6.24. The smallest absolute Gasteiger partial charge is 0.254 e. The van der Waals surface area contributed by atoms with Crippen LogP contribution in [0, 0.1) is 6.92 Å². The molecule has 0 saturated carbocycles. The lowest BCUT2D eigenvalue weighted by Crippen LogP contribution is -2.41. The zero-order valence-corrected chi connectivity index (χ0v) is 12.5. The van der Waals surface area contributed by atoms with Gasteiger partial charge in [-0.15, -0.1) is 11.3 Å². The number of hydrogen-bond acceptors (Lipinski definition) is 5. The molecule has 1 amide bonds. The highest BCUT2D eigenvalue weighted by Gasteiger charge is 2.26. The van der Waals surface area contributed by atoms with Crippen LogP contribution < -0.4 is 16.6 Å². The number of nitrogens with one attached hydrogen (secondary N) is 2. The van der Waals surface area contributed by atoms with Crippen LogP contribution in [0.25, 0.3) is 0 Å². The van der Waals surface area contributed by atoms with Crippen LogP contribution >= 0.6 is 11.3 Å². The second-order valence-electron chi connectivity index (χ2n) is 5.11. The number of carbonyl (C=O) groups excluding carboxylic acids is 1. The molecule has 1 aromatic heterocycles. The summed E-state index contributed by atoms with van der Waals surface area (Å²) in [5.74, 6) is 5.28. The van der Waals surface area contributed by atoms with Crippen LogP contribution in [0.5, 0.6) is 0 Å². The normalized spacial score (nSPS) is 11.2. The Balaban J connectivity index is 2.26. The second-order valence-corrected chi connectivity index (χ2v) is 6.00. The van der Waals surface area contributed by atoms with Crippen molar-refractivity contribution in [3.63, 3.8) is 0 Å². The number of nitrogens with two attached hydrogens (primary N) is 1. The standard InChI is InChI=1S/C14H18N4OS/c1-9-4-5-11(18-15)10(8-9)12(19)17-14(2,3)13-16-6-7-20-13/h4-8,18H,15H2,1-3H3,(H,17,19). The van der Waals surface area contributed by atoms with Crippen molar-refractivity contribution in [1.82, 2.24) is 10.3 Å². The first-order chi connectivity index (χ1) is 9.44. The van der Waals surface area contributed by atoms with Gasteiger partial charge in [0.1, 0.15) is 5.01 Å². The van der Waals surface area contributed by atoms with Crippen molar-refractivity contribution in [2.45, 2.75) is 26.3 Å². The molecule has 0 aliphatic rings. The second kappa shape index (κ2) is 5.60. The van der Waals surface area contributed by atoms with Crippen LogP contribution in [0.4, 0.5) is 5.69 Å². The van der Waals surface area contributed by atoms with Crippen LogP contribution in [0.2, 0.25) is 0 Å². The van der Waals surface area contributed by atoms with Crippen molar-refractivity contribution in [3.8, 4) is 0 Å². The summed E-state index contributed by atoms with van der Waals surface area (Å²) in [5, 5.41) is 5.74. The molecular formula is C14H18N4OS. The Hall–Kier alpha value is -1.92. The van der Waals surface area contributed by atoms with Crippen molar-refractivity contribution in [3.05, 3.63) is 45.9 Å². The first kappa shape index (κ1) is 14.5. The highest BCUT2D eigenvalue weighted by molar-refractivity contribution is 7.09. The van der Waals surface area contributed by atoms with Gasteiger partial charge in [0.25, 0.3) is 5.91 Å². The lowest BCUT2D eigenvalue weighted by molar-refractivity contribution is 0.0912. The number of aromatic nitrogens is 1. The number of carbonyl (C=O) groups is 1. The average Bonchev–Trinajstić information content (AvgIpc) is 2.92. The molecule has 2 rings (SSSR count). The Morgan fingerprint density at radius 2 is 2.15 bits per heavy atom. The molecule has 0 unspecified atom stereocenters. The molecule has 0 aliphatic carbocycles. The minimum absolute atomic E-state index is 0.179. The Morgan fingerprint density at radius 1 is 1.40 bits per heavy atom. The number of nitrogens with zero attached hydrogens (tertiary/aromatic N) is 1. The third kappa shape index (κ3) is 2.97. The summed E-state index contributed by atoms with van der Waals surface area (Å²) in [7, 11) is 0. The van der Waals surface area contributed by atoms with Gasteiger partial charge < -0.3 is 10.7 Å². The van der Waals surface area contributed by atoms with Gasteiger partial charge in [-0.3, -0.25) is 10.6 Å². The SMILES string of the molecule is Cc1ccc(NN)c(C(=O)NC(C)(C)c2nccs2)c1. The molecule has 0 aliphatic heterocycles. The van der Waals surface area contributed by atoms with Gasteiger partial charge in [0.15, 0.2) is 0 Å². The van der Waals surface area contributed by atoms with E-state index < -0.39 is 5.54 Å². The van der Waals surface area contributed by atoms with Crippen molar-refractivity contribution in [1.29, 1.82) is 0 Å². The molecular weight excluding hydrogens is 272 g/mol. The number of thiazole rings is 1. The summed E-state index contributed by atoms with van der Waals surface area (Å²) in [6.07, 6.45) is 1.73. The van der Waals surface area contributed by atoms with E-state index in [0.717, 1.165) is 10.6 Å². The van der Waals surface area contributed by atoms with Gasteiger partial charge in [-0.1, -0.05) is 11.6 Å². The minimum Gasteiger partial charge on any atom is -0.341 e. The van der Waals surface area contributed by atoms with E-state index in [1.54, 1.807) is 12.3 Å². The molecule has 0 bridgehead atoms. The monoisotopic (exact) mass is 290 g/mol. The molecule has 0 radical (unpaired) electrons. The molecule has 4 N–H and O–H groups in total. The van der Waals surface area contributed by atoms with Gasteiger partial charge in [0.2, 0.25) is 0 Å². The summed E-state index contributed by atoms with van der Waals surface area (Å²) in [4.78, 5) is 16.7. The molecule has 0 fully saturated rings. The number of nitrogen functional groups attached to an aromatic ring is 1. The van der Waals surface area contributed by atoms with Gasteiger partial charge in [0, 0.05) is 11.6 Å². The van der Waals surface area contributed by atoms with Crippen LogP contribution in [0.1, 0.15) is 34.8 Å². The van der Waals surface area contributed by atoms with Gasteiger partial charge in [-0.2, -0.15) is 0 Å². The van der Waals surface area contributed by atoms with E-state index in [1.807, 2.05) is 38.3 Å². The maximum Gasteiger partial charge on any atom is 0.254 e. The minimum atomic E-state index is -0.527. The molecule has 0 saturated heterocycles. The summed E-state index contributed by atoms with van der Waals surface area (Å²) in [6, 6.07) is 5.50. The summed E-state index contributed by atoms with van der Waals surface area (Å²) >= 11 is 1.51. The number of amides is 1. The number of aryl methyl sites for hydroxylation is 1. The Bertz CT molecular complexity index is 608. The Morgan fingerprint density at radius 3 is 2.75 bits per heavy atom. The summed E-state index contributed by atoms with van der Waals surface area (Å²) < 4.78 is 0. The van der Waals surface area contributed by atoms with E-state index in [-0.39, 0.29) is 5.91 Å². The summed E-state index contributed by atoms with van der Waals surface area (Å²) in [5.41, 5.74) is 4.15. The topological polar surface area (TPSA) is 80.0 Å². The number of hydrogen-bond donors (Lipinski definition) is 3. The molecule has 1 heterocycles. The molecule has 2 aromatic rings. The van der Waals surface area contributed by atoms with Crippen molar-refractivity contribution >= 4 is 22.9 Å². The first-order valence-corrected chi connectivity index (χ1v) is 7.12. The number of rotatable bonds is 4. The van der Waals surface area contributed by atoms with Crippen LogP contribution in [0.15, 0.2) is 29.8 Å². The molecule has 106 valence electrons. The van der Waals surface area contributed by atoms with Crippen molar-refractivity contribution in [2.75, 3.05) is 5.43 Å². The lowest BCUT2D eigenvalue weighted by Gasteiger charge is -2.24. The predicted molar refractivity (Wildman–Crippen MR) is 81.6 cm³/mol. The number of benzene rings is 1. The molecule has 0 atom stereocenters. The molecule has 1 aromatic carbocycles.